The number of nitrogens with one attached hydrogen (secondary N) is 1. The van der Waals surface area contributed by atoms with Gasteiger partial charge < -0.3 is 10.1 Å². The zero-order valence-electron chi connectivity index (χ0n) is 16.8. The molecule has 0 spiro atoms. The number of aryl methyl sites for hydroxylation is 2. The SMILES string of the molecule is COc1ccc(-n2nnc3c(=O)n(CC(=O)Nc4ccc(C)cc4C)cnc32)cc1. The highest BCUT2D eigenvalue weighted by molar-refractivity contribution is 5.91. The Hall–Kier alpha value is -4.01. The van der Waals surface area contributed by atoms with Crippen molar-refractivity contribution in [1.82, 2.24) is 24.5 Å². The highest BCUT2D eigenvalue weighted by Crippen LogP contribution is 2.17. The van der Waals surface area contributed by atoms with Gasteiger partial charge in [-0.1, -0.05) is 22.9 Å². The number of carbonyl (C=O) groups excluding carboxylic acids is 1. The van der Waals surface area contributed by atoms with Gasteiger partial charge >= 0.3 is 0 Å². The van der Waals surface area contributed by atoms with Gasteiger partial charge in [-0.05, 0) is 49.7 Å². The fourth-order valence-electron chi connectivity index (χ4n) is 3.15. The lowest BCUT2D eigenvalue weighted by atomic mass is 10.1. The molecule has 0 saturated heterocycles. The van der Waals surface area contributed by atoms with Crippen LogP contribution >= 0.6 is 0 Å². The number of hydrogen-bond donors (Lipinski definition) is 1. The van der Waals surface area contributed by atoms with Gasteiger partial charge in [0.05, 0.1) is 12.8 Å². The van der Waals surface area contributed by atoms with E-state index >= 15 is 0 Å². The van der Waals surface area contributed by atoms with Crippen LogP contribution in [-0.4, -0.2) is 37.6 Å². The minimum absolute atomic E-state index is 0.0904. The molecule has 0 fully saturated rings. The summed E-state index contributed by atoms with van der Waals surface area (Å²) in [6, 6.07) is 12.9. The lowest BCUT2D eigenvalue weighted by Gasteiger charge is -2.10. The fourth-order valence-corrected chi connectivity index (χ4v) is 3.15. The normalized spacial score (nSPS) is 10.9. The summed E-state index contributed by atoms with van der Waals surface area (Å²) < 4.78 is 7.83. The average Bonchev–Trinajstić information content (AvgIpc) is 3.17. The van der Waals surface area contributed by atoms with Crippen LogP contribution in [0.25, 0.3) is 16.9 Å². The molecule has 9 nitrogen and oxygen atoms in total. The van der Waals surface area contributed by atoms with Gasteiger partial charge in [0.2, 0.25) is 5.91 Å². The van der Waals surface area contributed by atoms with Gasteiger partial charge in [0.25, 0.3) is 5.56 Å². The molecule has 4 aromatic rings. The quantitative estimate of drug-likeness (QED) is 0.547. The Morgan fingerprint density at radius 3 is 2.60 bits per heavy atom. The summed E-state index contributed by atoms with van der Waals surface area (Å²) in [7, 11) is 1.58. The van der Waals surface area contributed by atoms with Gasteiger partial charge in [0, 0.05) is 5.69 Å². The topological polar surface area (TPSA) is 104 Å². The van der Waals surface area contributed by atoms with Gasteiger partial charge in [-0.25, -0.2) is 4.98 Å². The molecule has 0 aliphatic rings. The lowest BCUT2D eigenvalue weighted by molar-refractivity contribution is -0.116. The highest BCUT2D eigenvalue weighted by atomic mass is 16.5. The molecule has 2 heterocycles. The molecule has 0 radical (unpaired) electrons. The minimum atomic E-state index is -0.435. The molecule has 0 saturated carbocycles. The number of methoxy groups -OCH3 is 1. The number of amides is 1. The molecule has 0 aliphatic carbocycles. The molecule has 1 N–H and O–H groups in total. The van der Waals surface area contributed by atoms with Gasteiger partial charge in [0.1, 0.15) is 18.6 Å². The monoisotopic (exact) mass is 404 g/mol. The molecular weight excluding hydrogens is 384 g/mol. The van der Waals surface area contributed by atoms with Crippen molar-refractivity contribution in [2.75, 3.05) is 12.4 Å². The van der Waals surface area contributed by atoms with Crippen molar-refractivity contribution in [2.24, 2.45) is 0 Å². The zero-order valence-corrected chi connectivity index (χ0v) is 16.8. The van der Waals surface area contributed by atoms with Crippen molar-refractivity contribution in [2.45, 2.75) is 20.4 Å². The van der Waals surface area contributed by atoms with Gasteiger partial charge in [-0.2, -0.15) is 4.68 Å². The van der Waals surface area contributed by atoms with Crippen LogP contribution in [0.3, 0.4) is 0 Å². The Morgan fingerprint density at radius 1 is 1.13 bits per heavy atom. The summed E-state index contributed by atoms with van der Waals surface area (Å²) in [6.45, 7) is 3.72. The fraction of sp³-hybridized carbons (Fsp3) is 0.190. The highest BCUT2D eigenvalue weighted by Gasteiger charge is 2.15. The number of fused-ring (bicyclic) bond motifs is 1. The molecule has 0 atom stereocenters. The van der Waals surface area contributed by atoms with E-state index in [2.05, 4.69) is 20.6 Å². The van der Waals surface area contributed by atoms with Gasteiger partial charge in [-0.15, -0.1) is 5.10 Å². The second kappa shape index (κ2) is 7.78. The van der Waals surface area contributed by atoms with Crippen molar-refractivity contribution in [3.63, 3.8) is 0 Å². The molecule has 0 aliphatic heterocycles. The molecule has 0 unspecified atom stereocenters. The van der Waals surface area contributed by atoms with E-state index in [1.807, 2.05) is 32.0 Å². The second-order valence-electron chi connectivity index (χ2n) is 6.92. The molecular formula is C21H20N6O3. The first kappa shape index (κ1) is 19.3. The lowest BCUT2D eigenvalue weighted by Crippen LogP contribution is -2.28. The Labute approximate surface area is 171 Å². The molecule has 2 aromatic carbocycles. The molecule has 30 heavy (non-hydrogen) atoms. The van der Waals surface area contributed by atoms with Crippen LogP contribution in [0.1, 0.15) is 11.1 Å². The van der Waals surface area contributed by atoms with E-state index in [1.165, 1.54) is 15.6 Å². The third-order valence-corrected chi connectivity index (χ3v) is 4.72. The van der Waals surface area contributed by atoms with Crippen LogP contribution in [0.5, 0.6) is 5.75 Å². The predicted molar refractivity (Wildman–Crippen MR) is 112 cm³/mol. The van der Waals surface area contributed by atoms with Crippen molar-refractivity contribution in [1.29, 1.82) is 0 Å². The number of aromatic nitrogens is 5. The largest absolute Gasteiger partial charge is 0.497 e. The van der Waals surface area contributed by atoms with Gasteiger partial charge in [-0.3, -0.25) is 14.2 Å². The summed E-state index contributed by atoms with van der Waals surface area (Å²) in [5, 5.41) is 10.8. The first-order valence-electron chi connectivity index (χ1n) is 9.28. The van der Waals surface area contributed by atoms with Crippen LogP contribution in [0.4, 0.5) is 5.69 Å². The Bertz CT molecular complexity index is 1290. The maximum Gasteiger partial charge on any atom is 0.284 e. The number of anilines is 1. The number of rotatable bonds is 5. The molecule has 9 heteroatoms. The van der Waals surface area contributed by atoms with Crippen LogP contribution < -0.4 is 15.6 Å². The summed E-state index contributed by atoms with van der Waals surface area (Å²) in [4.78, 5) is 29.5. The third-order valence-electron chi connectivity index (χ3n) is 4.72. The van der Waals surface area contributed by atoms with E-state index in [9.17, 15) is 9.59 Å². The summed E-state index contributed by atoms with van der Waals surface area (Å²) in [6.07, 6.45) is 1.33. The summed E-state index contributed by atoms with van der Waals surface area (Å²) >= 11 is 0. The Balaban J connectivity index is 1.59. The van der Waals surface area contributed by atoms with Crippen LogP contribution in [-0.2, 0) is 11.3 Å². The van der Waals surface area contributed by atoms with Crippen molar-refractivity contribution < 1.29 is 9.53 Å². The smallest absolute Gasteiger partial charge is 0.284 e. The average molecular weight is 404 g/mol. The van der Waals surface area contributed by atoms with E-state index in [1.54, 1.807) is 31.4 Å². The molecule has 1 amide bonds. The molecule has 0 bridgehead atoms. The zero-order chi connectivity index (χ0) is 21.3. The molecule has 152 valence electrons. The Kier molecular flexibility index (Phi) is 5.01. The number of nitrogens with zero attached hydrogens (tertiary/aromatic N) is 5. The van der Waals surface area contributed by atoms with Crippen LogP contribution in [0.15, 0.2) is 53.6 Å². The number of hydrogen-bond acceptors (Lipinski definition) is 6. The third kappa shape index (κ3) is 3.64. The summed E-state index contributed by atoms with van der Waals surface area (Å²) in [5.41, 5.74) is 3.43. The maximum absolute atomic E-state index is 12.8. The second-order valence-corrected chi connectivity index (χ2v) is 6.92. The van der Waals surface area contributed by atoms with Crippen molar-refractivity contribution >= 4 is 22.8 Å². The predicted octanol–water partition coefficient (Wildman–Crippen LogP) is 2.24. The Morgan fingerprint density at radius 2 is 1.90 bits per heavy atom. The van der Waals surface area contributed by atoms with E-state index in [-0.39, 0.29) is 18.0 Å². The van der Waals surface area contributed by atoms with Crippen molar-refractivity contribution in [3.05, 3.63) is 70.3 Å². The first-order chi connectivity index (χ1) is 14.5. The molecule has 4 rings (SSSR count). The minimum Gasteiger partial charge on any atom is -0.497 e. The number of ether oxygens (including phenoxy) is 1. The summed E-state index contributed by atoms with van der Waals surface area (Å²) in [5.74, 6) is 0.376. The standard InChI is InChI=1S/C21H20N6O3/c1-13-4-9-17(14(2)10-13)23-18(28)11-26-12-22-20-19(21(26)29)24-25-27(20)15-5-7-16(30-3)8-6-15/h4-10,12H,11H2,1-3H3,(H,23,28). The van der Waals surface area contributed by atoms with E-state index in [0.29, 0.717) is 22.8 Å². The van der Waals surface area contributed by atoms with E-state index in [4.69, 9.17) is 4.74 Å². The van der Waals surface area contributed by atoms with Gasteiger partial charge in [0.15, 0.2) is 11.2 Å². The van der Waals surface area contributed by atoms with Crippen LogP contribution in [0, 0.1) is 13.8 Å². The number of carbonyl (C=O) groups is 1. The number of benzene rings is 2. The van der Waals surface area contributed by atoms with E-state index in [0.717, 1.165) is 11.1 Å². The first-order valence-corrected chi connectivity index (χ1v) is 9.28. The maximum atomic E-state index is 12.8. The van der Waals surface area contributed by atoms with Crippen molar-refractivity contribution in [3.8, 4) is 11.4 Å². The van der Waals surface area contributed by atoms with E-state index < -0.39 is 5.56 Å². The van der Waals surface area contributed by atoms with Crippen LogP contribution in [0.2, 0.25) is 0 Å². The molecule has 2 aromatic heterocycles.